The summed E-state index contributed by atoms with van der Waals surface area (Å²) in [6.45, 7) is 10.8. The van der Waals surface area contributed by atoms with E-state index in [0.29, 0.717) is 39.3 Å². The average molecular weight is 271 g/mol. The van der Waals surface area contributed by atoms with Gasteiger partial charge in [0.25, 0.3) is 0 Å². The third kappa shape index (κ3) is 4.70. The van der Waals surface area contributed by atoms with Crippen LogP contribution < -0.4 is 0 Å². The van der Waals surface area contributed by atoms with Gasteiger partial charge in [0, 0.05) is 26.2 Å². The molecule has 0 aromatic rings. The zero-order chi connectivity index (χ0) is 14.3. The SMILES string of the molecule is CCOC(=O)N1CCN(C(=O)CN(CC)CC)CC1. The summed E-state index contributed by atoms with van der Waals surface area (Å²) in [5, 5.41) is 0. The van der Waals surface area contributed by atoms with E-state index in [1.807, 2.05) is 4.90 Å². The Labute approximate surface area is 115 Å². The number of amides is 2. The Morgan fingerprint density at radius 3 is 2.00 bits per heavy atom. The second kappa shape index (κ2) is 7.99. The van der Waals surface area contributed by atoms with Crippen molar-refractivity contribution in [3.05, 3.63) is 0 Å². The van der Waals surface area contributed by atoms with Gasteiger partial charge in [0.1, 0.15) is 0 Å². The lowest BCUT2D eigenvalue weighted by molar-refractivity contribution is -0.133. The Hall–Kier alpha value is -1.30. The molecule has 6 heteroatoms. The van der Waals surface area contributed by atoms with Crippen LogP contribution >= 0.6 is 0 Å². The topological polar surface area (TPSA) is 53.1 Å². The molecule has 0 spiro atoms. The van der Waals surface area contributed by atoms with Gasteiger partial charge in [0.15, 0.2) is 0 Å². The second-order valence-corrected chi connectivity index (χ2v) is 4.53. The summed E-state index contributed by atoms with van der Waals surface area (Å²) >= 11 is 0. The molecule has 2 amide bonds. The van der Waals surface area contributed by atoms with Crippen molar-refractivity contribution in [2.75, 3.05) is 52.4 Å². The second-order valence-electron chi connectivity index (χ2n) is 4.53. The summed E-state index contributed by atoms with van der Waals surface area (Å²) < 4.78 is 4.95. The van der Waals surface area contributed by atoms with Gasteiger partial charge in [-0.25, -0.2) is 4.79 Å². The van der Waals surface area contributed by atoms with Gasteiger partial charge in [0.05, 0.1) is 13.2 Å². The van der Waals surface area contributed by atoms with Gasteiger partial charge in [-0.2, -0.15) is 0 Å². The molecular weight excluding hydrogens is 246 g/mol. The van der Waals surface area contributed by atoms with Crippen LogP contribution in [0.3, 0.4) is 0 Å². The Bertz CT molecular complexity index is 298. The van der Waals surface area contributed by atoms with E-state index in [1.165, 1.54) is 0 Å². The van der Waals surface area contributed by atoms with Gasteiger partial charge in [0.2, 0.25) is 5.91 Å². The zero-order valence-electron chi connectivity index (χ0n) is 12.2. The summed E-state index contributed by atoms with van der Waals surface area (Å²) in [6, 6.07) is 0. The molecule has 6 nitrogen and oxygen atoms in total. The lowest BCUT2D eigenvalue weighted by atomic mass is 10.3. The molecule has 0 atom stereocenters. The fourth-order valence-electron chi connectivity index (χ4n) is 2.09. The number of nitrogens with zero attached hydrogens (tertiary/aromatic N) is 3. The molecule has 1 aliphatic rings. The standard InChI is InChI=1S/C13H25N3O3/c1-4-14(5-2)11-12(17)15-7-9-16(10-8-15)13(18)19-6-3/h4-11H2,1-3H3. The minimum Gasteiger partial charge on any atom is -0.450 e. The molecule has 0 aromatic heterocycles. The van der Waals surface area contributed by atoms with Crippen molar-refractivity contribution in [2.45, 2.75) is 20.8 Å². The van der Waals surface area contributed by atoms with Gasteiger partial charge in [-0.1, -0.05) is 13.8 Å². The van der Waals surface area contributed by atoms with Gasteiger partial charge < -0.3 is 14.5 Å². The van der Waals surface area contributed by atoms with Crippen LogP contribution in [0.5, 0.6) is 0 Å². The fourth-order valence-corrected chi connectivity index (χ4v) is 2.09. The molecule has 0 aliphatic carbocycles. The normalized spacial score (nSPS) is 15.8. The maximum atomic E-state index is 12.1. The molecule has 0 unspecified atom stereocenters. The highest BCUT2D eigenvalue weighted by molar-refractivity contribution is 5.78. The van der Waals surface area contributed by atoms with Gasteiger partial charge in [-0.3, -0.25) is 9.69 Å². The first-order chi connectivity index (χ1) is 9.12. The molecule has 0 bridgehead atoms. The first-order valence-electron chi connectivity index (χ1n) is 7.04. The summed E-state index contributed by atoms with van der Waals surface area (Å²) in [4.78, 5) is 29.2. The predicted octanol–water partition coefficient (Wildman–Crippen LogP) is 0.629. The van der Waals surface area contributed by atoms with E-state index >= 15 is 0 Å². The largest absolute Gasteiger partial charge is 0.450 e. The van der Waals surface area contributed by atoms with Crippen molar-refractivity contribution in [3.8, 4) is 0 Å². The molecular formula is C13H25N3O3. The smallest absolute Gasteiger partial charge is 0.409 e. The molecule has 0 N–H and O–H groups in total. The molecule has 1 fully saturated rings. The van der Waals surface area contributed by atoms with Crippen molar-refractivity contribution in [2.24, 2.45) is 0 Å². The molecule has 1 saturated heterocycles. The van der Waals surface area contributed by atoms with E-state index in [2.05, 4.69) is 18.7 Å². The molecule has 0 saturated carbocycles. The molecule has 1 rings (SSSR count). The van der Waals surface area contributed by atoms with Crippen molar-refractivity contribution >= 4 is 12.0 Å². The third-order valence-electron chi connectivity index (χ3n) is 3.41. The molecule has 0 aromatic carbocycles. The van der Waals surface area contributed by atoms with E-state index in [1.54, 1.807) is 11.8 Å². The van der Waals surface area contributed by atoms with E-state index in [4.69, 9.17) is 4.74 Å². The van der Waals surface area contributed by atoms with Gasteiger partial charge in [-0.05, 0) is 20.0 Å². The third-order valence-corrected chi connectivity index (χ3v) is 3.41. The predicted molar refractivity (Wildman–Crippen MR) is 73.0 cm³/mol. The number of hydrogen-bond acceptors (Lipinski definition) is 4. The average Bonchev–Trinajstić information content (AvgIpc) is 2.45. The van der Waals surface area contributed by atoms with E-state index in [-0.39, 0.29) is 12.0 Å². The summed E-state index contributed by atoms with van der Waals surface area (Å²) in [5.74, 6) is 0.146. The van der Waals surface area contributed by atoms with E-state index in [0.717, 1.165) is 13.1 Å². The van der Waals surface area contributed by atoms with Crippen molar-refractivity contribution in [3.63, 3.8) is 0 Å². The number of piperazine rings is 1. The molecule has 1 aliphatic heterocycles. The van der Waals surface area contributed by atoms with Crippen molar-refractivity contribution < 1.29 is 14.3 Å². The molecule has 19 heavy (non-hydrogen) atoms. The van der Waals surface area contributed by atoms with Crippen LogP contribution in [0.1, 0.15) is 20.8 Å². The zero-order valence-corrected chi connectivity index (χ0v) is 12.2. The van der Waals surface area contributed by atoms with Gasteiger partial charge >= 0.3 is 6.09 Å². The number of likely N-dealkylation sites (N-methyl/N-ethyl adjacent to an activating group) is 1. The lowest BCUT2D eigenvalue weighted by Gasteiger charge is -2.35. The highest BCUT2D eigenvalue weighted by atomic mass is 16.6. The van der Waals surface area contributed by atoms with E-state index in [9.17, 15) is 9.59 Å². The maximum Gasteiger partial charge on any atom is 0.409 e. The number of carbonyl (C=O) groups excluding carboxylic acids is 2. The van der Waals surface area contributed by atoms with Crippen molar-refractivity contribution in [1.82, 2.24) is 14.7 Å². The van der Waals surface area contributed by atoms with Crippen LogP contribution in [-0.2, 0) is 9.53 Å². The Morgan fingerprint density at radius 1 is 1.00 bits per heavy atom. The number of ether oxygens (including phenoxy) is 1. The van der Waals surface area contributed by atoms with Crippen LogP contribution in [0.15, 0.2) is 0 Å². The highest BCUT2D eigenvalue weighted by Crippen LogP contribution is 2.05. The highest BCUT2D eigenvalue weighted by Gasteiger charge is 2.25. The summed E-state index contributed by atoms with van der Waals surface area (Å²) in [6.07, 6.45) is -0.279. The van der Waals surface area contributed by atoms with Crippen LogP contribution in [0, 0.1) is 0 Å². The summed E-state index contributed by atoms with van der Waals surface area (Å²) in [7, 11) is 0. The minimum atomic E-state index is -0.279. The number of rotatable bonds is 5. The van der Waals surface area contributed by atoms with Gasteiger partial charge in [-0.15, -0.1) is 0 Å². The van der Waals surface area contributed by atoms with Crippen LogP contribution in [-0.4, -0.2) is 79.1 Å². The Morgan fingerprint density at radius 2 is 1.53 bits per heavy atom. The first kappa shape index (κ1) is 15.8. The maximum absolute atomic E-state index is 12.1. The number of hydrogen-bond donors (Lipinski definition) is 0. The molecule has 110 valence electrons. The minimum absolute atomic E-state index is 0.146. The lowest BCUT2D eigenvalue weighted by Crippen LogP contribution is -2.52. The molecule has 0 radical (unpaired) electrons. The van der Waals surface area contributed by atoms with E-state index < -0.39 is 0 Å². The quantitative estimate of drug-likeness (QED) is 0.736. The Kier molecular flexibility index (Phi) is 6.62. The monoisotopic (exact) mass is 271 g/mol. The first-order valence-corrected chi connectivity index (χ1v) is 7.04. The molecule has 1 heterocycles. The van der Waals surface area contributed by atoms with Crippen LogP contribution in [0.25, 0.3) is 0 Å². The summed E-state index contributed by atoms with van der Waals surface area (Å²) in [5.41, 5.74) is 0. The van der Waals surface area contributed by atoms with Crippen LogP contribution in [0.4, 0.5) is 4.79 Å². The number of carbonyl (C=O) groups is 2. The Balaban J connectivity index is 2.36. The van der Waals surface area contributed by atoms with Crippen LogP contribution in [0.2, 0.25) is 0 Å². The van der Waals surface area contributed by atoms with Crippen molar-refractivity contribution in [1.29, 1.82) is 0 Å². The fraction of sp³-hybridized carbons (Fsp3) is 0.846.